The summed E-state index contributed by atoms with van der Waals surface area (Å²) in [5.41, 5.74) is 7.01. The lowest BCUT2D eigenvalue weighted by molar-refractivity contribution is -0.148. The summed E-state index contributed by atoms with van der Waals surface area (Å²) in [5.74, 6) is -1.08. The zero-order valence-electron chi connectivity index (χ0n) is 19.8. The Labute approximate surface area is 200 Å². The maximum absolute atomic E-state index is 14.6. The highest BCUT2D eigenvalue weighted by atomic mass is 19.1. The molecule has 0 spiro atoms. The number of esters is 1. The fourth-order valence-electron chi connectivity index (χ4n) is 4.54. The number of methoxy groups -OCH3 is 1. The molecule has 1 aliphatic rings. The Kier molecular flexibility index (Phi) is 7.08. The van der Waals surface area contributed by atoms with Crippen LogP contribution >= 0.6 is 0 Å². The van der Waals surface area contributed by atoms with Crippen molar-refractivity contribution in [2.24, 2.45) is 0 Å². The van der Waals surface area contributed by atoms with E-state index in [1.165, 1.54) is 26.3 Å². The van der Waals surface area contributed by atoms with Gasteiger partial charge in [-0.15, -0.1) is 0 Å². The SMILES string of the molecule is COC(=O)COC1CCC(n2c(=O)c(-c3cnc(C(C)O)c(F)c3)cc3c(C)nc(N)nc32)CC1. The Bertz CT molecular complexity index is 1320. The minimum Gasteiger partial charge on any atom is -0.467 e. The zero-order chi connectivity index (χ0) is 25.3. The number of carbonyl (C=O) groups excluding carboxylic acids is 1. The molecule has 1 fully saturated rings. The van der Waals surface area contributed by atoms with Gasteiger partial charge >= 0.3 is 5.97 Å². The Morgan fingerprint density at radius 2 is 2.00 bits per heavy atom. The summed E-state index contributed by atoms with van der Waals surface area (Å²) in [6.45, 7) is 3.07. The second kappa shape index (κ2) is 10.0. The van der Waals surface area contributed by atoms with Gasteiger partial charge < -0.3 is 20.3 Å². The van der Waals surface area contributed by atoms with Crippen LogP contribution in [0.25, 0.3) is 22.2 Å². The van der Waals surface area contributed by atoms with E-state index in [4.69, 9.17) is 10.5 Å². The van der Waals surface area contributed by atoms with Crippen LogP contribution in [0.1, 0.15) is 56.1 Å². The second-order valence-electron chi connectivity index (χ2n) is 8.72. The molecule has 1 atom stereocenters. The summed E-state index contributed by atoms with van der Waals surface area (Å²) < 4.78 is 26.5. The van der Waals surface area contributed by atoms with Crippen molar-refractivity contribution in [3.8, 4) is 11.1 Å². The Balaban J connectivity index is 1.76. The average molecular weight is 486 g/mol. The van der Waals surface area contributed by atoms with Crippen LogP contribution in [0, 0.1) is 12.7 Å². The number of aryl methyl sites for hydroxylation is 1. The molecule has 0 aliphatic heterocycles. The summed E-state index contributed by atoms with van der Waals surface area (Å²) in [6.07, 6.45) is 2.68. The van der Waals surface area contributed by atoms with Gasteiger partial charge in [0, 0.05) is 28.8 Å². The van der Waals surface area contributed by atoms with E-state index >= 15 is 0 Å². The number of rotatable bonds is 6. The van der Waals surface area contributed by atoms with Crippen molar-refractivity contribution in [2.75, 3.05) is 19.5 Å². The number of nitrogens with zero attached hydrogens (tertiary/aromatic N) is 4. The maximum atomic E-state index is 14.6. The Morgan fingerprint density at radius 1 is 1.29 bits per heavy atom. The van der Waals surface area contributed by atoms with Crippen molar-refractivity contribution in [1.29, 1.82) is 0 Å². The molecule has 3 aromatic rings. The number of halogens is 1. The third-order valence-electron chi connectivity index (χ3n) is 6.35. The molecule has 3 aromatic heterocycles. The van der Waals surface area contributed by atoms with Crippen LogP contribution < -0.4 is 11.3 Å². The summed E-state index contributed by atoms with van der Waals surface area (Å²) in [5, 5.41) is 10.3. The number of hydrogen-bond donors (Lipinski definition) is 2. The smallest absolute Gasteiger partial charge is 0.331 e. The molecule has 4 rings (SSSR count). The fourth-order valence-corrected chi connectivity index (χ4v) is 4.54. The van der Waals surface area contributed by atoms with Gasteiger partial charge in [-0.05, 0) is 51.7 Å². The molecule has 11 heteroatoms. The summed E-state index contributed by atoms with van der Waals surface area (Å²) in [7, 11) is 1.31. The monoisotopic (exact) mass is 485 g/mol. The van der Waals surface area contributed by atoms with Crippen molar-refractivity contribution >= 4 is 23.0 Å². The van der Waals surface area contributed by atoms with Crippen LogP contribution in [-0.2, 0) is 14.3 Å². The molecule has 0 bridgehead atoms. The first-order chi connectivity index (χ1) is 16.7. The normalized spacial score (nSPS) is 19.0. The van der Waals surface area contributed by atoms with E-state index < -0.39 is 17.9 Å². The van der Waals surface area contributed by atoms with E-state index in [0.717, 1.165) is 0 Å². The maximum Gasteiger partial charge on any atom is 0.331 e. The van der Waals surface area contributed by atoms with Gasteiger partial charge in [0.25, 0.3) is 5.56 Å². The molecular weight excluding hydrogens is 457 g/mol. The molecule has 1 saturated carbocycles. The van der Waals surface area contributed by atoms with Crippen molar-refractivity contribution < 1.29 is 23.8 Å². The quantitative estimate of drug-likeness (QED) is 0.504. The summed E-state index contributed by atoms with van der Waals surface area (Å²) in [6, 6.07) is 2.63. The van der Waals surface area contributed by atoms with Gasteiger partial charge in [0.1, 0.15) is 23.8 Å². The van der Waals surface area contributed by atoms with Crippen molar-refractivity contribution in [3.63, 3.8) is 0 Å². The summed E-state index contributed by atoms with van der Waals surface area (Å²) >= 11 is 0. The highest BCUT2D eigenvalue weighted by molar-refractivity contribution is 5.84. The van der Waals surface area contributed by atoms with E-state index in [9.17, 15) is 19.1 Å². The van der Waals surface area contributed by atoms with Crippen LogP contribution in [0.15, 0.2) is 23.1 Å². The number of aliphatic hydroxyl groups is 1. The number of nitrogen functional groups attached to an aromatic ring is 1. The minimum atomic E-state index is -1.08. The molecule has 0 saturated heterocycles. The third kappa shape index (κ3) is 5.01. The number of aromatic nitrogens is 4. The highest BCUT2D eigenvalue weighted by Crippen LogP contribution is 2.33. The molecule has 1 unspecified atom stereocenters. The molecule has 186 valence electrons. The highest BCUT2D eigenvalue weighted by Gasteiger charge is 2.27. The molecular formula is C24H28FN5O5. The van der Waals surface area contributed by atoms with Crippen LogP contribution in [0.4, 0.5) is 10.3 Å². The van der Waals surface area contributed by atoms with E-state index in [1.54, 1.807) is 17.6 Å². The Morgan fingerprint density at radius 3 is 2.63 bits per heavy atom. The van der Waals surface area contributed by atoms with Crippen LogP contribution in [0.5, 0.6) is 0 Å². The topological polar surface area (TPSA) is 142 Å². The number of anilines is 1. The van der Waals surface area contributed by atoms with Gasteiger partial charge in [-0.3, -0.25) is 14.3 Å². The lowest BCUT2D eigenvalue weighted by Crippen LogP contribution is -2.32. The molecule has 0 amide bonds. The van der Waals surface area contributed by atoms with E-state index in [1.807, 2.05) is 0 Å². The van der Waals surface area contributed by atoms with Gasteiger partial charge in [-0.25, -0.2) is 14.2 Å². The summed E-state index contributed by atoms with van der Waals surface area (Å²) in [4.78, 5) is 37.8. The first-order valence-corrected chi connectivity index (χ1v) is 11.4. The zero-order valence-corrected chi connectivity index (χ0v) is 19.8. The molecule has 0 radical (unpaired) electrons. The molecule has 10 nitrogen and oxygen atoms in total. The minimum absolute atomic E-state index is 0.0556. The number of nitrogens with two attached hydrogens (primary N) is 1. The van der Waals surface area contributed by atoms with Crippen molar-refractivity contribution in [1.82, 2.24) is 19.5 Å². The number of fused-ring (bicyclic) bond motifs is 1. The van der Waals surface area contributed by atoms with Gasteiger partial charge in [0.15, 0.2) is 0 Å². The van der Waals surface area contributed by atoms with E-state index in [2.05, 4.69) is 19.7 Å². The Hall–Kier alpha value is -3.44. The molecule has 3 heterocycles. The lowest BCUT2D eigenvalue weighted by atomic mass is 9.92. The number of pyridine rings is 2. The number of hydrogen-bond acceptors (Lipinski definition) is 9. The number of aliphatic hydroxyl groups excluding tert-OH is 1. The van der Waals surface area contributed by atoms with Gasteiger partial charge in [-0.2, -0.15) is 4.98 Å². The standard InChI is InChI=1S/C24H28FN5O5/c1-12-17-9-18(14-8-19(25)21(13(2)31)27-10-14)23(33)30(22(17)29-24(26)28-12)15-4-6-16(7-5-15)35-11-20(32)34-3/h8-10,13,15-16,31H,4-7,11H2,1-3H3,(H2,26,28,29). The fraction of sp³-hybridized carbons (Fsp3) is 0.458. The molecule has 35 heavy (non-hydrogen) atoms. The van der Waals surface area contributed by atoms with E-state index in [-0.39, 0.29) is 41.5 Å². The first-order valence-electron chi connectivity index (χ1n) is 11.4. The van der Waals surface area contributed by atoms with Crippen LogP contribution in [-0.4, -0.2) is 50.4 Å². The largest absolute Gasteiger partial charge is 0.467 e. The molecule has 1 aliphatic carbocycles. The van der Waals surface area contributed by atoms with Gasteiger partial charge in [0.2, 0.25) is 5.95 Å². The predicted molar refractivity (Wildman–Crippen MR) is 126 cm³/mol. The molecule has 0 aromatic carbocycles. The predicted octanol–water partition coefficient (Wildman–Crippen LogP) is 2.61. The third-order valence-corrected chi connectivity index (χ3v) is 6.35. The average Bonchev–Trinajstić information content (AvgIpc) is 2.82. The van der Waals surface area contributed by atoms with Crippen molar-refractivity contribution in [3.05, 3.63) is 45.9 Å². The lowest BCUT2D eigenvalue weighted by Gasteiger charge is -2.30. The second-order valence-corrected chi connectivity index (χ2v) is 8.72. The van der Waals surface area contributed by atoms with Gasteiger partial charge in [0.05, 0.1) is 25.0 Å². The number of carbonyl (C=O) groups is 1. The first kappa shape index (κ1) is 24.7. The number of ether oxygens (including phenoxy) is 2. The van der Waals surface area contributed by atoms with Crippen LogP contribution in [0.3, 0.4) is 0 Å². The van der Waals surface area contributed by atoms with Crippen LogP contribution in [0.2, 0.25) is 0 Å². The van der Waals surface area contributed by atoms with Crippen molar-refractivity contribution in [2.45, 2.75) is 57.8 Å². The van der Waals surface area contributed by atoms with Gasteiger partial charge in [-0.1, -0.05) is 0 Å². The molecule has 3 N–H and O–H groups in total. The van der Waals surface area contributed by atoms with E-state index in [0.29, 0.717) is 48.0 Å².